The van der Waals surface area contributed by atoms with Crippen molar-refractivity contribution in [1.82, 2.24) is 10.2 Å². The van der Waals surface area contributed by atoms with E-state index in [-0.39, 0.29) is 11.9 Å². The molecule has 1 aliphatic heterocycles. The highest BCUT2D eigenvalue weighted by molar-refractivity contribution is 5.82. The fraction of sp³-hybridized carbons (Fsp3) is 0.833. The zero-order chi connectivity index (χ0) is 11.4. The number of rotatable bonds is 4. The van der Waals surface area contributed by atoms with Gasteiger partial charge >= 0.3 is 0 Å². The van der Waals surface area contributed by atoms with Gasteiger partial charge in [0.15, 0.2) is 0 Å². The van der Waals surface area contributed by atoms with Crippen LogP contribution in [0.5, 0.6) is 0 Å². The van der Waals surface area contributed by atoms with Crippen LogP contribution in [0.3, 0.4) is 0 Å². The van der Waals surface area contributed by atoms with Crippen molar-refractivity contribution in [3.05, 3.63) is 0 Å². The summed E-state index contributed by atoms with van der Waals surface area (Å²) < 4.78 is 0. The Morgan fingerprint density at radius 3 is 2.75 bits per heavy atom. The van der Waals surface area contributed by atoms with Crippen molar-refractivity contribution in [3.8, 4) is 6.07 Å². The molecule has 16 heavy (non-hydrogen) atoms. The minimum atomic E-state index is 0.00745. The zero-order valence-electron chi connectivity index (χ0n) is 9.61. The van der Waals surface area contributed by atoms with Crippen LogP contribution in [0.25, 0.3) is 0 Å². The number of nitriles is 1. The van der Waals surface area contributed by atoms with Gasteiger partial charge in [-0.1, -0.05) is 6.42 Å². The van der Waals surface area contributed by atoms with Crippen LogP contribution in [0, 0.1) is 11.3 Å². The Balaban J connectivity index is 1.90. The van der Waals surface area contributed by atoms with Crippen molar-refractivity contribution < 1.29 is 4.79 Å². The fourth-order valence-corrected chi connectivity index (χ4v) is 2.29. The molecule has 0 aromatic heterocycles. The molecule has 1 saturated heterocycles. The number of carbonyl (C=O) groups excluding carboxylic acids is 1. The lowest BCUT2D eigenvalue weighted by Gasteiger charge is -2.29. The third kappa shape index (κ3) is 2.73. The summed E-state index contributed by atoms with van der Waals surface area (Å²) in [5.74, 6) is 0.220. The van der Waals surface area contributed by atoms with Gasteiger partial charge in [0.05, 0.1) is 18.5 Å². The molecule has 88 valence electrons. The maximum absolute atomic E-state index is 12.2. The second-order valence-electron chi connectivity index (χ2n) is 4.67. The highest BCUT2D eigenvalue weighted by Gasteiger charge is 2.35. The molecule has 0 aromatic rings. The highest BCUT2D eigenvalue weighted by atomic mass is 16.2. The average Bonchev–Trinajstić information content (AvgIpc) is 3.15. The summed E-state index contributed by atoms with van der Waals surface area (Å²) >= 11 is 0. The zero-order valence-corrected chi connectivity index (χ0v) is 9.61. The Bertz CT molecular complexity index is 287. The molecule has 1 N–H and O–H groups in total. The van der Waals surface area contributed by atoms with E-state index in [1.54, 1.807) is 0 Å². The molecule has 1 saturated carbocycles. The summed E-state index contributed by atoms with van der Waals surface area (Å²) in [6.45, 7) is 1.56. The molecule has 1 heterocycles. The van der Waals surface area contributed by atoms with Crippen molar-refractivity contribution in [3.63, 3.8) is 0 Å². The quantitative estimate of drug-likeness (QED) is 0.771. The SMILES string of the molecule is N#CCCN(C(=O)C1CCCCN1)C1CC1. The fourth-order valence-electron chi connectivity index (χ4n) is 2.29. The van der Waals surface area contributed by atoms with E-state index in [1.807, 2.05) is 4.90 Å². The van der Waals surface area contributed by atoms with E-state index >= 15 is 0 Å². The van der Waals surface area contributed by atoms with Crippen LogP contribution in [0.2, 0.25) is 0 Å². The molecule has 1 atom stereocenters. The van der Waals surface area contributed by atoms with Gasteiger partial charge in [0.1, 0.15) is 0 Å². The lowest BCUT2D eigenvalue weighted by molar-refractivity contribution is -0.134. The van der Waals surface area contributed by atoms with Crippen molar-refractivity contribution in [2.75, 3.05) is 13.1 Å². The molecule has 0 aromatic carbocycles. The molecule has 1 unspecified atom stereocenters. The van der Waals surface area contributed by atoms with Crippen LogP contribution in [0.4, 0.5) is 0 Å². The third-order valence-corrected chi connectivity index (χ3v) is 3.34. The first-order chi connectivity index (χ1) is 7.83. The molecular formula is C12H19N3O. The van der Waals surface area contributed by atoms with E-state index in [4.69, 9.17) is 5.26 Å². The first-order valence-electron chi connectivity index (χ1n) is 6.23. The number of nitrogens with one attached hydrogen (secondary N) is 1. The van der Waals surface area contributed by atoms with Crippen molar-refractivity contribution in [2.24, 2.45) is 0 Å². The molecule has 4 heteroatoms. The Hall–Kier alpha value is -1.08. The summed E-state index contributed by atoms with van der Waals surface area (Å²) in [6, 6.07) is 2.55. The predicted octanol–water partition coefficient (Wildman–Crippen LogP) is 1.03. The van der Waals surface area contributed by atoms with Crippen molar-refractivity contribution >= 4 is 5.91 Å². The van der Waals surface area contributed by atoms with Gasteiger partial charge in [-0.05, 0) is 32.2 Å². The van der Waals surface area contributed by atoms with E-state index in [0.29, 0.717) is 19.0 Å². The topological polar surface area (TPSA) is 56.1 Å². The third-order valence-electron chi connectivity index (χ3n) is 3.34. The first kappa shape index (κ1) is 11.4. The van der Waals surface area contributed by atoms with Gasteiger partial charge in [-0.2, -0.15) is 5.26 Å². The van der Waals surface area contributed by atoms with Gasteiger partial charge in [0.2, 0.25) is 5.91 Å². The smallest absolute Gasteiger partial charge is 0.239 e. The number of hydrogen-bond acceptors (Lipinski definition) is 3. The predicted molar refractivity (Wildman–Crippen MR) is 60.6 cm³/mol. The second kappa shape index (κ2) is 5.31. The molecule has 0 spiro atoms. The van der Waals surface area contributed by atoms with Gasteiger partial charge < -0.3 is 10.2 Å². The molecule has 1 amide bonds. The van der Waals surface area contributed by atoms with E-state index in [1.165, 1.54) is 6.42 Å². The summed E-state index contributed by atoms with van der Waals surface area (Å²) in [6.07, 6.45) is 5.95. The van der Waals surface area contributed by atoms with Crippen molar-refractivity contribution in [2.45, 2.75) is 50.6 Å². The first-order valence-corrected chi connectivity index (χ1v) is 6.23. The Kier molecular flexibility index (Phi) is 3.79. The second-order valence-corrected chi connectivity index (χ2v) is 4.67. The van der Waals surface area contributed by atoms with E-state index in [0.717, 1.165) is 32.2 Å². The van der Waals surface area contributed by atoms with E-state index < -0.39 is 0 Å². The molecule has 2 rings (SSSR count). The highest BCUT2D eigenvalue weighted by Crippen LogP contribution is 2.28. The minimum absolute atomic E-state index is 0.00745. The van der Waals surface area contributed by atoms with Gasteiger partial charge in [0, 0.05) is 12.6 Å². The van der Waals surface area contributed by atoms with Crippen LogP contribution in [-0.4, -0.2) is 36.0 Å². The van der Waals surface area contributed by atoms with Gasteiger partial charge in [0.25, 0.3) is 0 Å². The Morgan fingerprint density at radius 2 is 2.19 bits per heavy atom. The van der Waals surface area contributed by atoms with Crippen LogP contribution in [0.1, 0.15) is 38.5 Å². The lowest BCUT2D eigenvalue weighted by Crippen LogP contribution is -2.49. The number of hydrogen-bond donors (Lipinski definition) is 1. The Labute approximate surface area is 96.6 Å². The largest absolute Gasteiger partial charge is 0.337 e. The number of amides is 1. The van der Waals surface area contributed by atoms with Crippen LogP contribution >= 0.6 is 0 Å². The minimum Gasteiger partial charge on any atom is -0.337 e. The molecule has 0 bridgehead atoms. The molecule has 4 nitrogen and oxygen atoms in total. The molecule has 2 aliphatic rings. The van der Waals surface area contributed by atoms with Crippen molar-refractivity contribution in [1.29, 1.82) is 5.26 Å². The number of piperidine rings is 1. The van der Waals surface area contributed by atoms with Crippen LogP contribution in [-0.2, 0) is 4.79 Å². The molecular weight excluding hydrogens is 202 g/mol. The summed E-state index contributed by atoms with van der Waals surface area (Å²) in [5.41, 5.74) is 0. The molecule has 0 radical (unpaired) electrons. The summed E-state index contributed by atoms with van der Waals surface area (Å²) in [5, 5.41) is 11.9. The average molecular weight is 221 g/mol. The number of nitrogens with zero attached hydrogens (tertiary/aromatic N) is 2. The van der Waals surface area contributed by atoms with Crippen LogP contribution < -0.4 is 5.32 Å². The summed E-state index contributed by atoms with van der Waals surface area (Å²) in [4.78, 5) is 14.2. The molecule has 2 fully saturated rings. The lowest BCUT2D eigenvalue weighted by atomic mass is 10.0. The normalized spacial score (nSPS) is 24.8. The Morgan fingerprint density at radius 1 is 1.38 bits per heavy atom. The standard InChI is InChI=1S/C12H19N3O/c13-7-3-9-15(10-5-6-10)12(16)11-4-1-2-8-14-11/h10-11,14H,1-6,8-9H2. The van der Waals surface area contributed by atoms with Gasteiger partial charge in [-0.25, -0.2) is 0 Å². The maximum Gasteiger partial charge on any atom is 0.239 e. The van der Waals surface area contributed by atoms with Crippen LogP contribution in [0.15, 0.2) is 0 Å². The monoisotopic (exact) mass is 221 g/mol. The van der Waals surface area contributed by atoms with Gasteiger partial charge in [-0.3, -0.25) is 4.79 Å². The maximum atomic E-state index is 12.2. The summed E-state index contributed by atoms with van der Waals surface area (Å²) in [7, 11) is 0. The van der Waals surface area contributed by atoms with E-state index in [9.17, 15) is 4.79 Å². The van der Waals surface area contributed by atoms with Gasteiger partial charge in [-0.15, -0.1) is 0 Å². The molecule has 1 aliphatic carbocycles. The van der Waals surface area contributed by atoms with E-state index in [2.05, 4.69) is 11.4 Å². The number of carbonyl (C=O) groups is 1.